The van der Waals surface area contributed by atoms with Gasteiger partial charge in [-0.05, 0) is 30.7 Å². The lowest BCUT2D eigenvalue weighted by atomic mass is 10.3. The number of anilines is 4. The van der Waals surface area contributed by atoms with Gasteiger partial charge in [0, 0.05) is 6.42 Å². The fourth-order valence-corrected chi connectivity index (χ4v) is 1.70. The quantitative estimate of drug-likeness (QED) is 0.299. The summed E-state index contributed by atoms with van der Waals surface area (Å²) in [5.74, 6) is 0.426. The van der Waals surface area contributed by atoms with Crippen molar-refractivity contribution in [3.8, 4) is 5.75 Å². The maximum atomic E-state index is 11.1. The smallest absolute Gasteiger partial charge is 0.311 e. The first kappa shape index (κ1) is 20.7. The summed E-state index contributed by atoms with van der Waals surface area (Å²) < 4.78 is 5.02. The molecular formula is C17H24N6O3. The minimum absolute atomic E-state index is 0.0913. The van der Waals surface area contributed by atoms with Gasteiger partial charge in [0.15, 0.2) is 5.75 Å². The first-order valence-corrected chi connectivity index (χ1v) is 7.94. The first-order valence-electron chi connectivity index (χ1n) is 7.94. The van der Waals surface area contributed by atoms with Gasteiger partial charge < -0.3 is 33.0 Å². The highest BCUT2D eigenvalue weighted by molar-refractivity contribution is 5.91. The fraction of sp³-hybridized carbons (Fsp3) is 0.235. The van der Waals surface area contributed by atoms with E-state index in [9.17, 15) is 9.59 Å². The first-order chi connectivity index (χ1) is 12.4. The molecule has 26 heavy (non-hydrogen) atoms. The molecule has 0 bridgehead atoms. The van der Waals surface area contributed by atoms with E-state index in [1.807, 2.05) is 6.92 Å². The molecule has 0 aliphatic heterocycles. The van der Waals surface area contributed by atoms with Crippen LogP contribution in [-0.4, -0.2) is 23.4 Å². The highest BCUT2D eigenvalue weighted by Gasteiger charge is 2.05. The molecule has 0 radical (unpaired) electrons. The van der Waals surface area contributed by atoms with Crippen LogP contribution in [0, 0.1) is 0 Å². The molecule has 1 amide bonds. The van der Waals surface area contributed by atoms with Crippen molar-refractivity contribution in [2.45, 2.75) is 19.8 Å². The molecule has 0 fully saturated rings. The summed E-state index contributed by atoms with van der Waals surface area (Å²) in [6.07, 6.45) is 1.21. The maximum Gasteiger partial charge on any atom is 0.311 e. The molecule has 0 aliphatic rings. The molecule has 0 spiro atoms. The number of aromatic nitrogens is 1. The molecule has 0 aliphatic carbocycles. The second-order valence-corrected chi connectivity index (χ2v) is 5.19. The molecule has 0 unspecified atom stereocenters. The summed E-state index contributed by atoms with van der Waals surface area (Å²) in [7, 11) is 0. The van der Waals surface area contributed by atoms with Crippen molar-refractivity contribution in [1.82, 2.24) is 4.98 Å². The van der Waals surface area contributed by atoms with E-state index in [2.05, 4.69) is 10.3 Å². The number of nitrogen functional groups attached to an aromatic ring is 3. The van der Waals surface area contributed by atoms with Gasteiger partial charge in [0.2, 0.25) is 5.91 Å². The minimum atomic E-state index is -0.323. The number of nitrogens with one attached hydrogen (secondary N) is 1. The van der Waals surface area contributed by atoms with Gasteiger partial charge in [-0.2, -0.15) is 0 Å². The normalized spacial score (nSPS) is 9.62. The Morgan fingerprint density at radius 2 is 1.77 bits per heavy atom. The molecule has 1 aromatic carbocycles. The monoisotopic (exact) mass is 360 g/mol. The number of carbonyl (C=O) groups excluding carboxylic acids is 2. The molecule has 9 nitrogen and oxygen atoms in total. The van der Waals surface area contributed by atoms with Crippen LogP contribution in [0.2, 0.25) is 0 Å². The summed E-state index contributed by atoms with van der Waals surface area (Å²) in [6.45, 7) is 1.83. The Balaban J connectivity index is 0.000000260. The summed E-state index contributed by atoms with van der Waals surface area (Å²) in [5, 5.41) is 2.45. The number of nitrogens with two attached hydrogens (primary N) is 4. The minimum Gasteiger partial charge on any atom is -0.424 e. The van der Waals surface area contributed by atoms with Crippen LogP contribution < -0.4 is 33.0 Å². The van der Waals surface area contributed by atoms with Crippen LogP contribution in [0.3, 0.4) is 0 Å². The van der Waals surface area contributed by atoms with E-state index in [1.54, 1.807) is 36.4 Å². The number of pyridine rings is 1. The number of esters is 1. The van der Waals surface area contributed by atoms with Crippen molar-refractivity contribution >= 4 is 34.9 Å². The zero-order valence-electron chi connectivity index (χ0n) is 14.6. The van der Waals surface area contributed by atoms with E-state index in [0.29, 0.717) is 29.4 Å². The Morgan fingerprint density at radius 3 is 2.35 bits per heavy atom. The second-order valence-electron chi connectivity index (χ2n) is 5.19. The zero-order chi connectivity index (χ0) is 19.5. The zero-order valence-corrected chi connectivity index (χ0v) is 14.6. The molecule has 2 rings (SSSR count). The molecule has 9 heteroatoms. The third-order valence-electron chi connectivity index (χ3n) is 3.01. The lowest BCUT2D eigenvalue weighted by Gasteiger charge is -2.05. The van der Waals surface area contributed by atoms with E-state index >= 15 is 0 Å². The van der Waals surface area contributed by atoms with Gasteiger partial charge in [-0.1, -0.05) is 19.1 Å². The summed E-state index contributed by atoms with van der Waals surface area (Å²) in [6, 6.07) is 10.1. The van der Waals surface area contributed by atoms with Crippen molar-refractivity contribution in [3.63, 3.8) is 0 Å². The van der Waals surface area contributed by atoms with E-state index in [-0.39, 0.29) is 24.2 Å². The summed E-state index contributed by atoms with van der Waals surface area (Å²) >= 11 is 0. The van der Waals surface area contributed by atoms with Crippen molar-refractivity contribution < 1.29 is 14.3 Å². The van der Waals surface area contributed by atoms with E-state index in [1.165, 1.54) is 0 Å². The predicted molar refractivity (Wildman–Crippen MR) is 102 cm³/mol. The summed E-state index contributed by atoms with van der Waals surface area (Å²) in [4.78, 5) is 25.7. The molecule has 0 saturated heterocycles. The Bertz CT molecular complexity index is 751. The molecule has 2 aromatic rings. The average molecular weight is 360 g/mol. The van der Waals surface area contributed by atoms with Gasteiger partial charge >= 0.3 is 5.97 Å². The fourth-order valence-electron chi connectivity index (χ4n) is 1.70. The number of nitrogens with zero attached hydrogens (tertiary/aromatic N) is 1. The second kappa shape index (κ2) is 10.5. The van der Waals surface area contributed by atoms with Gasteiger partial charge in [0.25, 0.3) is 0 Å². The van der Waals surface area contributed by atoms with Crippen molar-refractivity contribution in [2.75, 3.05) is 29.1 Å². The Labute approximate surface area is 151 Å². The van der Waals surface area contributed by atoms with Crippen LogP contribution in [0.4, 0.5) is 23.0 Å². The molecule has 9 N–H and O–H groups in total. The molecule has 0 atom stereocenters. The largest absolute Gasteiger partial charge is 0.424 e. The Morgan fingerprint density at radius 1 is 1.08 bits per heavy atom. The lowest BCUT2D eigenvalue weighted by Crippen LogP contribution is -2.22. The highest BCUT2D eigenvalue weighted by atomic mass is 16.5. The topological polar surface area (TPSA) is 172 Å². The standard InChI is InChI=1S/C10H13NO2.C7H11N5O/c1-2-5-10(12)13-9-7-4-3-6-8(9)11;8-3-6(13)11-5-2-1-4(9)7(10)12-5/h3-4,6-7H,2,5,11H2,1H3;1-2H,3,8-9H2,(H3,10,11,12,13). The Hall–Kier alpha value is -3.33. The third kappa shape index (κ3) is 7.05. The SMILES string of the molecule is CCCC(=O)Oc1ccccc1N.NCC(=O)Nc1ccc(N)c(N)n1. The van der Waals surface area contributed by atoms with Gasteiger partial charge in [0.1, 0.15) is 11.6 Å². The van der Waals surface area contributed by atoms with Crippen molar-refractivity contribution in [3.05, 3.63) is 36.4 Å². The van der Waals surface area contributed by atoms with E-state index in [0.717, 1.165) is 6.42 Å². The average Bonchev–Trinajstić information content (AvgIpc) is 2.61. The van der Waals surface area contributed by atoms with Crippen LogP contribution in [0.5, 0.6) is 5.75 Å². The number of para-hydroxylation sites is 2. The molecule has 1 aromatic heterocycles. The number of carbonyl (C=O) groups is 2. The molecular weight excluding hydrogens is 336 g/mol. The van der Waals surface area contributed by atoms with Gasteiger partial charge in [-0.15, -0.1) is 0 Å². The van der Waals surface area contributed by atoms with Crippen LogP contribution in [-0.2, 0) is 9.59 Å². The predicted octanol–water partition coefficient (Wildman–Crippen LogP) is 1.12. The van der Waals surface area contributed by atoms with Gasteiger partial charge in [-0.3, -0.25) is 9.59 Å². The summed E-state index contributed by atoms with van der Waals surface area (Å²) in [5.41, 5.74) is 22.4. The Kier molecular flexibility index (Phi) is 8.38. The van der Waals surface area contributed by atoms with Crippen molar-refractivity contribution in [2.24, 2.45) is 5.73 Å². The van der Waals surface area contributed by atoms with E-state index < -0.39 is 0 Å². The number of rotatable bonds is 5. The number of amides is 1. The third-order valence-corrected chi connectivity index (χ3v) is 3.01. The number of ether oxygens (including phenoxy) is 1. The lowest BCUT2D eigenvalue weighted by molar-refractivity contribution is -0.134. The number of hydrogen-bond donors (Lipinski definition) is 5. The highest BCUT2D eigenvalue weighted by Crippen LogP contribution is 2.20. The molecule has 140 valence electrons. The van der Waals surface area contributed by atoms with Crippen LogP contribution in [0.1, 0.15) is 19.8 Å². The number of benzene rings is 1. The van der Waals surface area contributed by atoms with Crippen LogP contribution in [0.25, 0.3) is 0 Å². The van der Waals surface area contributed by atoms with Gasteiger partial charge in [0.05, 0.1) is 17.9 Å². The van der Waals surface area contributed by atoms with Crippen LogP contribution >= 0.6 is 0 Å². The van der Waals surface area contributed by atoms with Crippen molar-refractivity contribution in [1.29, 1.82) is 0 Å². The van der Waals surface area contributed by atoms with Gasteiger partial charge in [-0.25, -0.2) is 4.98 Å². The maximum absolute atomic E-state index is 11.1. The van der Waals surface area contributed by atoms with Crippen LogP contribution in [0.15, 0.2) is 36.4 Å². The molecule has 0 saturated carbocycles. The van der Waals surface area contributed by atoms with E-state index in [4.69, 9.17) is 27.7 Å². The molecule has 1 heterocycles. The number of hydrogen-bond acceptors (Lipinski definition) is 8.